The molecule has 0 spiro atoms. The van der Waals surface area contributed by atoms with Gasteiger partial charge in [0.05, 0.1) is 32.2 Å². The Morgan fingerprint density at radius 3 is 2.62 bits per heavy atom. The SMILES string of the molecule is COc1cccc(/C(C)=N/NC(=O)CNc2ccccc2OC)c1. The second-order valence-electron chi connectivity index (χ2n) is 5.02. The van der Waals surface area contributed by atoms with E-state index in [1.54, 1.807) is 14.2 Å². The lowest BCUT2D eigenvalue weighted by atomic mass is 10.1. The molecule has 126 valence electrons. The molecule has 0 aliphatic heterocycles. The fraction of sp³-hybridized carbons (Fsp3) is 0.222. The summed E-state index contributed by atoms with van der Waals surface area (Å²) < 4.78 is 10.4. The minimum absolute atomic E-state index is 0.0925. The summed E-state index contributed by atoms with van der Waals surface area (Å²) in [5.74, 6) is 1.18. The Labute approximate surface area is 141 Å². The second-order valence-corrected chi connectivity index (χ2v) is 5.02. The lowest BCUT2D eigenvalue weighted by Gasteiger charge is -2.10. The van der Waals surface area contributed by atoms with Crippen LogP contribution in [0.1, 0.15) is 12.5 Å². The number of carbonyl (C=O) groups is 1. The fourth-order valence-corrected chi connectivity index (χ4v) is 2.06. The summed E-state index contributed by atoms with van der Waals surface area (Å²) in [7, 11) is 3.19. The van der Waals surface area contributed by atoms with Crippen LogP contribution in [0.15, 0.2) is 53.6 Å². The maximum Gasteiger partial charge on any atom is 0.259 e. The van der Waals surface area contributed by atoms with Crippen LogP contribution in [0.25, 0.3) is 0 Å². The summed E-state index contributed by atoms with van der Waals surface area (Å²) in [5, 5.41) is 7.13. The average Bonchev–Trinajstić information content (AvgIpc) is 2.64. The molecule has 0 saturated heterocycles. The molecule has 0 bridgehead atoms. The predicted molar refractivity (Wildman–Crippen MR) is 94.8 cm³/mol. The minimum Gasteiger partial charge on any atom is -0.497 e. The van der Waals surface area contributed by atoms with Gasteiger partial charge in [0.25, 0.3) is 5.91 Å². The van der Waals surface area contributed by atoms with Crippen LogP contribution in [0.3, 0.4) is 0 Å². The van der Waals surface area contributed by atoms with Gasteiger partial charge in [0.15, 0.2) is 0 Å². The number of ether oxygens (including phenoxy) is 2. The maximum atomic E-state index is 11.9. The Balaban J connectivity index is 1.92. The molecule has 0 unspecified atom stereocenters. The van der Waals surface area contributed by atoms with Gasteiger partial charge in [-0.15, -0.1) is 0 Å². The predicted octanol–water partition coefficient (Wildman–Crippen LogP) is 2.66. The topological polar surface area (TPSA) is 72.0 Å². The number of methoxy groups -OCH3 is 2. The first-order chi connectivity index (χ1) is 11.6. The van der Waals surface area contributed by atoms with Crippen molar-refractivity contribution < 1.29 is 14.3 Å². The van der Waals surface area contributed by atoms with Gasteiger partial charge in [-0.1, -0.05) is 24.3 Å². The van der Waals surface area contributed by atoms with Crippen LogP contribution < -0.4 is 20.2 Å². The number of hydrogen-bond acceptors (Lipinski definition) is 5. The van der Waals surface area contributed by atoms with Crippen molar-refractivity contribution in [3.05, 3.63) is 54.1 Å². The van der Waals surface area contributed by atoms with Crippen LogP contribution in [0.5, 0.6) is 11.5 Å². The standard InChI is InChI=1S/C18H21N3O3/c1-13(14-7-6-8-15(11-14)23-2)20-21-18(22)12-19-16-9-4-5-10-17(16)24-3/h4-11,19H,12H2,1-3H3,(H,21,22)/b20-13+. The van der Waals surface area contributed by atoms with E-state index in [4.69, 9.17) is 9.47 Å². The first-order valence-corrected chi connectivity index (χ1v) is 7.48. The molecule has 6 heteroatoms. The summed E-state index contributed by atoms with van der Waals surface area (Å²) in [6, 6.07) is 14.9. The second kappa shape index (κ2) is 8.57. The van der Waals surface area contributed by atoms with Crippen molar-refractivity contribution in [3.8, 4) is 11.5 Å². The highest BCUT2D eigenvalue weighted by Gasteiger charge is 2.05. The number of rotatable bonds is 7. The Kier molecular flexibility index (Phi) is 6.19. The zero-order valence-electron chi connectivity index (χ0n) is 14.0. The zero-order valence-corrected chi connectivity index (χ0v) is 14.0. The molecule has 0 aliphatic carbocycles. The highest BCUT2D eigenvalue weighted by Crippen LogP contribution is 2.22. The van der Waals surface area contributed by atoms with Gasteiger partial charge in [-0.05, 0) is 31.2 Å². The third kappa shape index (κ3) is 4.74. The average molecular weight is 327 g/mol. The van der Waals surface area contributed by atoms with E-state index >= 15 is 0 Å². The van der Waals surface area contributed by atoms with Crippen LogP contribution in [0.4, 0.5) is 5.69 Å². The number of nitrogens with zero attached hydrogens (tertiary/aromatic N) is 1. The van der Waals surface area contributed by atoms with Crippen LogP contribution >= 0.6 is 0 Å². The summed E-state index contributed by atoms with van der Waals surface area (Å²) in [6.07, 6.45) is 0. The molecule has 0 heterocycles. The van der Waals surface area contributed by atoms with E-state index in [-0.39, 0.29) is 12.5 Å². The molecule has 2 N–H and O–H groups in total. The van der Waals surface area contributed by atoms with Gasteiger partial charge in [-0.3, -0.25) is 4.79 Å². The summed E-state index contributed by atoms with van der Waals surface area (Å²) >= 11 is 0. The minimum atomic E-state index is -0.247. The lowest BCUT2D eigenvalue weighted by Crippen LogP contribution is -2.26. The molecular weight excluding hydrogens is 306 g/mol. The highest BCUT2D eigenvalue weighted by molar-refractivity contribution is 5.99. The monoisotopic (exact) mass is 327 g/mol. The first kappa shape index (κ1) is 17.3. The summed E-state index contributed by atoms with van der Waals surface area (Å²) in [4.78, 5) is 11.9. The number of nitrogens with one attached hydrogen (secondary N) is 2. The Bertz CT molecular complexity index is 729. The molecule has 24 heavy (non-hydrogen) atoms. The van der Waals surface area contributed by atoms with Crippen LogP contribution in [0.2, 0.25) is 0 Å². The molecule has 0 aromatic heterocycles. The number of carbonyl (C=O) groups excluding carboxylic acids is 1. The number of benzene rings is 2. The van der Waals surface area contributed by atoms with Gasteiger partial charge in [0.1, 0.15) is 11.5 Å². The number of hydrazone groups is 1. The molecule has 0 fully saturated rings. The number of amides is 1. The van der Waals surface area contributed by atoms with E-state index in [0.29, 0.717) is 11.5 Å². The molecule has 0 aliphatic rings. The van der Waals surface area contributed by atoms with Gasteiger partial charge in [0, 0.05) is 5.56 Å². The summed E-state index contributed by atoms with van der Waals surface area (Å²) in [6.45, 7) is 1.91. The van der Waals surface area contributed by atoms with Gasteiger partial charge < -0.3 is 14.8 Å². The van der Waals surface area contributed by atoms with Gasteiger partial charge >= 0.3 is 0 Å². The Morgan fingerprint density at radius 2 is 1.88 bits per heavy atom. The van der Waals surface area contributed by atoms with E-state index in [0.717, 1.165) is 17.0 Å². The molecule has 6 nitrogen and oxygen atoms in total. The molecular formula is C18H21N3O3. The highest BCUT2D eigenvalue weighted by atomic mass is 16.5. The van der Waals surface area contributed by atoms with Gasteiger partial charge in [-0.2, -0.15) is 5.10 Å². The van der Waals surface area contributed by atoms with E-state index < -0.39 is 0 Å². The number of para-hydroxylation sites is 2. The van der Waals surface area contributed by atoms with Crippen molar-refractivity contribution >= 4 is 17.3 Å². The molecule has 0 atom stereocenters. The van der Waals surface area contributed by atoms with Crippen molar-refractivity contribution in [1.82, 2.24) is 5.43 Å². The van der Waals surface area contributed by atoms with Crippen molar-refractivity contribution in [2.45, 2.75) is 6.92 Å². The smallest absolute Gasteiger partial charge is 0.259 e. The van der Waals surface area contributed by atoms with Crippen molar-refractivity contribution in [2.75, 3.05) is 26.1 Å². The molecule has 2 aromatic rings. The van der Waals surface area contributed by atoms with E-state index in [1.807, 2.05) is 55.5 Å². The fourth-order valence-electron chi connectivity index (χ4n) is 2.06. The Hall–Kier alpha value is -3.02. The van der Waals surface area contributed by atoms with E-state index in [9.17, 15) is 4.79 Å². The van der Waals surface area contributed by atoms with Gasteiger partial charge in [-0.25, -0.2) is 5.43 Å². The quantitative estimate of drug-likeness (QED) is 0.606. The molecule has 1 amide bonds. The normalized spacial score (nSPS) is 10.9. The Morgan fingerprint density at radius 1 is 1.08 bits per heavy atom. The van der Waals surface area contributed by atoms with Gasteiger partial charge in [0.2, 0.25) is 0 Å². The first-order valence-electron chi connectivity index (χ1n) is 7.48. The molecule has 2 rings (SSSR count). The van der Waals surface area contributed by atoms with Crippen molar-refractivity contribution in [2.24, 2.45) is 5.10 Å². The van der Waals surface area contributed by atoms with Crippen LogP contribution in [0, 0.1) is 0 Å². The lowest BCUT2D eigenvalue weighted by molar-refractivity contribution is -0.119. The third-order valence-electron chi connectivity index (χ3n) is 3.38. The molecule has 2 aromatic carbocycles. The van der Waals surface area contributed by atoms with Crippen LogP contribution in [-0.4, -0.2) is 32.4 Å². The summed E-state index contributed by atoms with van der Waals surface area (Å²) in [5.41, 5.74) is 4.86. The maximum absolute atomic E-state index is 11.9. The third-order valence-corrected chi connectivity index (χ3v) is 3.38. The van der Waals surface area contributed by atoms with E-state index in [1.165, 1.54) is 0 Å². The van der Waals surface area contributed by atoms with E-state index in [2.05, 4.69) is 15.8 Å². The number of hydrogen-bond donors (Lipinski definition) is 2. The number of anilines is 1. The zero-order chi connectivity index (χ0) is 17.4. The van der Waals surface area contributed by atoms with Crippen molar-refractivity contribution in [1.29, 1.82) is 0 Å². The molecule has 0 saturated carbocycles. The van der Waals surface area contributed by atoms with Crippen molar-refractivity contribution in [3.63, 3.8) is 0 Å². The van der Waals surface area contributed by atoms with Crippen LogP contribution in [-0.2, 0) is 4.79 Å². The largest absolute Gasteiger partial charge is 0.497 e. The molecule has 0 radical (unpaired) electrons.